The van der Waals surface area contributed by atoms with Gasteiger partial charge in [-0.15, -0.1) is 11.3 Å². The van der Waals surface area contributed by atoms with Gasteiger partial charge in [-0.25, -0.2) is 18.7 Å². The number of pyridine rings is 1. The molecule has 1 fully saturated rings. The van der Waals surface area contributed by atoms with Gasteiger partial charge >= 0.3 is 0 Å². The van der Waals surface area contributed by atoms with Crippen molar-refractivity contribution in [1.29, 1.82) is 0 Å². The first-order chi connectivity index (χ1) is 18.9. The third-order valence-corrected chi connectivity index (χ3v) is 9.31. The van der Waals surface area contributed by atoms with Gasteiger partial charge in [-0.05, 0) is 75.4 Å². The fraction of sp³-hybridized carbons (Fsp3) is 0.286. The molecular formula is C28H28F2N4O4S2. The fourth-order valence-electron chi connectivity index (χ4n) is 4.54. The molecule has 1 saturated carbocycles. The minimum atomic E-state index is -4.11. The number of hydrogen-bond donors (Lipinski definition) is 3. The molecule has 210 valence electrons. The van der Waals surface area contributed by atoms with E-state index in [0.717, 1.165) is 29.9 Å². The zero-order valence-corrected chi connectivity index (χ0v) is 23.9. The number of rotatable bonds is 9. The van der Waals surface area contributed by atoms with Crippen LogP contribution in [0.2, 0.25) is 0 Å². The Hall–Kier alpha value is -3.77. The van der Waals surface area contributed by atoms with Crippen LogP contribution in [0.1, 0.15) is 48.6 Å². The number of phenols is 1. The maximum atomic E-state index is 13.9. The minimum absolute atomic E-state index is 0.00680. The summed E-state index contributed by atoms with van der Waals surface area (Å²) in [6.45, 7) is 5.37. The van der Waals surface area contributed by atoms with Gasteiger partial charge in [0.25, 0.3) is 10.0 Å². The van der Waals surface area contributed by atoms with Gasteiger partial charge in [0.1, 0.15) is 0 Å². The van der Waals surface area contributed by atoms with Crippen LogP contribution >= 0.6 is 11.3 Å². The van der Waals surface area contributed by atoms with E-state index in [1.54, 1.807) is 31.2 Å². The SMILES string of the molecule is COc1cccc(C(C)(C)Nc2cnc(S(=O)(=O)Nc3nc(-c4ccc(F)c(F)c4)c(C4CC4)s3)c(C)c2)c1O. The molecule has 1 aliphatic carbocycles. The molecule has 2 aromatic carbocycles. The van der Waals surface area contributed by atoms with Crippen molar-refractivity contribution in [3.8, 4) is 22.8 Å². The van der Waals surface area contributed by atoms with E-state index in [0.29, 0.717) is 33.8 Å². The summed E-state index contributed by atoms with van der Waals surface area (Å²) < 4.78 is 61.7. The first-order valence-electron chi connectivity index (χ1n) is 12.5. The van der Waals surface area contributed by atoms with Gasteiger partial charge in [0.05, 0.1) is 30.2 Å². The summed E-state index contributed by atoms with van der Waals surface area (Å²) in [4.78, 5) is 9.49. The average molecular weight is 587 g/mol. The third-order valence-electron chi connectivity index (χ3n) is 6.65. The Bertz CT molecular complexity index is 1700. The van der Waals surface area contributed by atoms with Gasteiger partial charge in [0.15, 0.2) is 33.3 Å². The number of aryl methyl sites for hydroxylation is 1. The second-order valence-electron chi connectivity index (χ2n) is 10.2. The monoisotopic (exact) mass is 586 g/mol. The van der Waals surface area contributed by atoms with Crippen molar-refractivity contribution in [1.82, 2.24) is 9.97 Å². The van der Waals surface area contributed by atoms with Crippen LogP contribution in [0.25, 0.3) is 11.3 Å². The molecule has 0 spiro atoms. The van der Waals surface area contributed by atoms with Gasteiger partial charge in [-0.2, -0.15) is 8.42 Å². The summed E-state index contributed by atoms with van der Waals surface area (Å²) in [6, 6.07) is 10.4. The molecular weight excluding hydrogens is 558 g/mol. The van der Waals surface area contributed by atoms with Crippen molar-refractivity contribution >= 4 is 32.2 Å². The summed E-state index contributed by atoms with van der Waals surface area (Å²) in [5.41, 5.74) is 1.61. The molecule has 0 saturated heterocycles. The lowest BCUT2D eigenvalue weighted by Gasteiger charge is -2.29. The number of methoxy groups -OCH3 is 1. The number of nitrogens with one attached hydrogen (secondary N) is 2. The van der Waals surface area contributed by atoms with Crippen molar-refractivity contribution in [3.63, 3.8) is 0 Å². The molecule has 0 amide bonds. The Morgan fingerprint density at radius 1 is 1.12 bits per heavy atom. The largest absolute Gasteiger partial charge is 0.504 e. The highest BCUT2D eigenvalue weighted by Crippen LogP contribution is 2.48. The van der Waals surface area contributed by atoms with Crippen LogP contribution < -0.4 is 14.8 Å². The predicted molar refractivity (Wildman–Crippen MR) is 151 cm³/mol. The lowest BCUT2D eigenvalue weighted by Crippen LogP contribution is -2.28. The zero-order chi connectivity index (χ0) is 28.8. The highest BCUT2D eigenvalue weighted by molar-refractivity contribution is 7.92. The topological polar surface area (TPSA) is 113 Å². The van der Waals surface area contributed by atoms with Gasteiger partial charge in [0.2, 0.25) is 0 Å². The second-order valence-corrected chi connectivity index (χ2v) is 12.8. The molecule has 0 radical (unpaired) electrons. The number of para-hydroxylation sites is 1. The molecule has 2 heterocycles. The number of nitrogens with zero attached hydrogens (tertiary/aromatic N) is 2. The minimum Gasteiger partial charge on any atom is -0.504 e. The molecule has 0 bridgehead atoms. The highest BCUT2D eigenvalue weighted by atomic mass is 32.2. The Balaban J connectivity index is 1.40. The summed E-state index contributed by atoms with van der Waals surface area (Å²) in [5, 5.41) is 13.8. The second kappa shape index (κ2) is 10.3. The maximum absolute atomic E-state index is 13.9. The van der Waals surface area contributed by atoms with Crippen molar-refractivity contribution in [2.45, 2.75) is 50.1 Å². The van der Waals surface area contributed by atoms with Gasteiger partial charge in [-0.3, -0.25) is 4.72 Å². The van der Waals surface area contributed by atoms with Gasteiger partial charge in [0, 0.05) is 16.0 Å². The van der Waals surface area contributed by atoms with Crippen LogP contribution in [0.5, 0.6) is 11.5 Å². The van der Waals surface area contributed by atoms with Crippen molar-refractivity contribution in [3.05, 3.63) is 76.3 Å². The van der Waals surface area contributed by atoms with E-state index in [-0.39, 0.29) is 21.8 Å². The number of aromatic hydroxyl groups is 1. The normalized spacial score (nSPS) is 13.8. The summed E-state index contributed by atoms with van der Waals surface area (Å²) in [6.07, 6.45) is 3.25. The van der Waals surface area contributed by atoms with Gasteiger partial charge < -0.3 is 15.2 Å². The Morgan fingerprint density at radius 3 is 2.52 bits per heavy atom. The number of benzene rings is 2. The molecule has 12 heteroatoms. The number of halogens is 2. The Kier molecular flexibility index (Phi) is 7.17. The number of sulfonamides is 1. The highest BCUT2D eigenvalue weighted by Gasteiger charge is 2.32. The van der Waals surface area contributed by atoms with E-state index in [9.17, 15) is 22.3 Å². The molecule has 8 nitrogen and oxygen atoms in total. The number of anilines is 2. The lowest BCUT2D eigenvalue weighted by atomic mass is 9.92. The number of ether oxygens (including phenoxy) is 1. The average Bonchev–Trinajstić information content (AvgIpc) is 3.65. The first-order valence-corrected chi connectivity index (χ1v) is 14.8. The molecule has 5 rings (SSSR count). The van der Waals surface area contributed by atoms with Crippen molar-refractivity contribution in [2.75, 3.05) is 17.1 Å². The lowest BCUT2D eigenvalue weighted by molar-refractivity contribution is 0.365. The van der Waals surface area contributed by atoms with E-state index in [2.05, 4.69) is 20.0 Å². The quantitative estimate of drug-likeness (QED) is 0.204. The van der Waals surface area contributed by atoms with Crippen LogP contribution in [-0.2, 0) is 15.6 Å². The van der Waals surface area contributed by atoms with E-state index in [1.165, 1.54) is 30.7 Å². The van der Waals surface area contributed by atoms with Crippen LogP contribution in [0, 0.1) is 18.6 Å². The Morgan fingerprint density at radius 2 is 1.88 bits per heavy atom. The molecule has 40 heavy (non-hydrogen) atoms. The number of thiazole rings is 1. The van der Waals surface area contributed by atoms with Crippen LogP contribution in [0.3, 0.4) is 0 Å². The predicted octanol–water partition coefficient (Wildman–Crippen LogP) is 6.53. The standard InChI is InChI=1S/C28H28F2N4O4S2/c1-15-12-18(33-28(2,3)19-6-5-7-22(38-4)24(19)35)14-31-26(15)40(36,37)34-27-32-23(25(39-27)16-8-9-16)17-10-11-20(29)21(30)13-17/h5-7,10-14,16,33,35H,8-9H2,1-4H3,(H,32,34). The van der Waals surface area contributed by atoms with Crippen molar-refractivity contribution in [2.24, 2.45) is 0 Å². The molecule has 0 aliphatic heterocycles. The van der Waals surface area contributed by atoms with Crippen LogP contribution in [0.15, 0.2) is 53.7 Å². The number of hydrogen-bond acceptors (Lipinski definition) is 8. The van der Waals surface area contributed by atoms with Crippen LogP contribution in [-0.4, -0.2) is 30.6 Å². The maximum Gasteiger partial charge on any atom is 0.281 e. The smallest absolute Gasteiger partial charge is 0.281 e. The van der Waals surface area contributed by atoms with E-state index >= 15 is 0 Å². The van der Waals surface area contributed by atoms with Gasteiger partial charge in [-0.1, -0.05) is 12.1 Å². The molecule has 0 atom stereocenters. The fourth-order valence-corrected chi connectivity index (χ4v) is 7.09. The molecule has 0 unspecified atom stereocenters. The third kappa shape index (κ3) is 5.46. The first kappa shape index (κ1) is 27.8. The summed E-state index contributed by atoms with van der Waals surface area (Å²) in [5.74, 6) is -1.40. The molecule has 2 aromatic heterocycles. The number of phenolic OH excluding ortho intramolecular Hbond substituents is 1. The van der Waals surface area contributed by atoms with E-state index in [4.69, 9.17) is 4.74 Å². The van der Waals surface area contributed by atoms with Crippen LogP contribution in [0.4, 0.5) is 19.6 Å². The summed E-state index contributed by atoms with van der Waals surface area (Å²) in [7, 11) is -2.64. The molecule has 4 aromatic rings. The summed E-state index contributed by atoms with van der Waals surface area (Å²) >= 11 is 1.18. The van der Waals surface area contributed by atoms with E-state index < -0.39 is 27.2 Å². The Labute approximate surface area is 235 Å². The van der Waals surface area contributed by atoms with Crippen molar-refractivity contribution < 1.29 is 27.0 Å². The number of aromatic nitrogens is 2. The molecule has 3 N–H and O–H groups in total. The molecule has 1 aliphatic rings. The zero-order valence-electron chi connectivity index (χ0n) is 22.2. The van der Waals surface area contributed by atoms with E-state index in [1.807, 2.05) is 13.8 Å².